The predicted molar refractivity (Wildman–Crippen MR) is 358 cm³/mol. The van der Waals surface area contributed by atoms with Crippen molar-refractivity contribution in [3.63, 3.8) is 0 Å². The van der Waals surface area contributed by atoms with Crippen LogP contribution < -0.4 is 10.6 Å². The molecule has 13 rings (SSSR count). The van der Waals surface area contributed by atoms with Gasteiger partial charge in [0.2, 0.25) is 0 Å². The first-order valence-corrected chi connectivity index (χ1v) is 29.5. The zero-order chi connectivity index (χ0) is 60.8. The summed E-state index contributed by atoms with van der Waals surface area (Å²) in [5, 5.41) is 6.22. The van der Waals surface area contributed by atoms with Gasteiger partial charge in [-0.3, -0.25) is 29.5 Å². The minimum absolute atomic E-state index is 0.0446. The molecule has 4 aromatic carbocycles. The molecule has 430 valence electrons. The van der Waals surface area contributed by atoms with E-state index in [2.05, 4.69) is 179 Å². The van der Waals surface area contributed by atoms with E-state index < -0.39 is 0 Å². The van der Waals surface area contributed by atoms with Gasteiger partial charge in [-0.1, -0.05) is 114 Å². The van der Waals surface area contributed by atoms with Gasteiger partial charge in [-0.25, -0.2) is 9.97 Å². The lowest BCUT2D eigenvalue weighted by Crippen LogP contribution is -2.12. The van der Waals surface area contributed by atoms with Gasteiger partial charge in [-0.2, -0.15) is 0 Å². The first-order chi connectivity index (χ1) is 42.4. The molecule has 0 fully saturated rings. The standard InChI is InChI=1S/C76H64N10O2/c1-45-33-37-77-65(41-45)67-43-51(35-39-79-67)73(87)81-55-21-13-49(14-22-55)71-61-29-27-59(84-61)69(47-9-17-53(18-10-47)75(3,4)5)57-25-26-58(83-57)70(48-11-19-54(20-12-48)76(6,7)8)60-28-30-62(85-60)72(64-32-31-63(71)86-64)50-15-23-56(24-16-50)82-74(88)52-36-40-80-68(44-52)66-42-46(2)34-38-78-66/h9-44,84-85H,1-8H3,(H,81,87)(H,82,88). The third kappa shape index (κ3) is 11.5. The number of aromatic nitrogens is 8. The van der Waals surface area contributed by atoms with Crippen molar-refractivity contribution in [2.45, 2.75) is 66.2 Å². The highest BCUT2D eigenvalue weighted by Gasteiger charge is 2.22. The van der Waals surface area contributed by atoms with Crippen LogP contribution in [0, 0.1) is 13.8 Å². The molecule has 12 nitrogen and oxygen atoms in total. The van der Waals surface area contributed by atoms with Crippen molar-refractivity contribution in [3.8, 4) is 67.3 Å². The van der Waals surface area contributed by atoms with E-state index in [0.29, 0.717) is 45.3 Å². The number of hydrogen-bond donors (Lipinski definition) is 4. The van der Waals surface area contributed by atoms with E-state index in [1.807, 2.05) is 86.6 Å². The molecule has 0 atom stereocenters. The Hall–Kier alpha value is -11.0. The largest absolute Gasteiger partial charge is 0.354 e. The number of aromatic amines is 2. The molecule has 2 aliphatic heterocycles. The Morgan fingerprint density at radius 3 is 0.932 bits per heavy atom. The molecule has 12 heteroatoms. The summed E-state index contributed by atoms with van der Waals surface area (Å²) >= 11 is 0. The van der Waals surface area contributed by atoms with Crippen molar-refractivity contribution in [2.24, 2.45) is 0 Å². The van der Waals surface area contributed by atoms with Crippen LogP contribution in [0.1, 0.15) is 107 Å². The van der Waals surface area contributed by atoms with Crippen molar-refractivity contribution in [1.29, 1.82) is 0 Å². The topological polar surface area (TPSA) is 167 Å². The Kier molecular flexibility index (Phi) is 14.5. The number of fused-ring (bicyclic) bond motifs is 8. The van der Waals surface area contributed by atoms with Crippen LogP contribution >= 0.6 is 0 Å². The average molecular weight is 1150 g/mol. The highest BCUT2D eigenvalue weighted by molar-refractivity contribution is 6.06. The molecule has 11 aromatic rings. The van der Waals surface area contributed by atoms with Gasteiger partial charge in [0.1, 0.15) is 0 Å². The number of rotatable bonds is 10. The van der Waals surface area contributed by atoms with E-state index in [1.165, 1.54) is 11.1 Å². The summed E-state index contributed by atoms with van der Waals surface area (Å²) in [5.41, 5.74) is 23.1. The number of anilines is 2. The number of amides is 2. The van der Waals surface area contributed by atoms with Gasteiger partial charge in [0, 0.05) is 91.6 Å². The van der Waals surface area contributed by atoms with Crippen LogP contribution in [0.4, 0.5) is 11.4 Å². The molecular formula is C76H64N10O2. The van der Waals surface area contributed by atoms with Crippen LogP contribution in [-0.2, 0) is 10.8 Å². The average Bonchev–Trinajstić information content (AvgIpc) is 2.00. The minimum atomic E-state index is -0.270. The first kappa shape index (κ1) is 56.2. The van der Waals surface area contributed by atoms with E-state index in [4.69, 9.17) is 9.97 Å². The van der Waals surface area contributed by atoms with Crippen LogP contribution in [0.15, 0.2) is 195 Å². The van der Waals surface area contributed by atoms with Crippen LogP contribution in [0.2, 0.25) is 0 Å². The lowest BCUT2D eigenvalue weighted by atomic mass is 9.86. The number of carbonyl (C=O) groups excluding carboxylic acids is 2. The highest BCUT2D eigenvalue weighted by atomic mass is 16.2. The molecule has 4 N–H and O–H groups in total. The third-order valence-electron chi connectivity index (χ3n) is 16.1. The molecule has 7 aromatic heterocycles. The minimum Gasteiger partial charge on any atom is -0.354 e. The van der Waals surface area contributed by atoms with Gasteiger partial charge >= 0.3 is 0 Å². The molecule has 0 saturated carbocycles. The summed E-state index contributed by atoms with van der Waals surface area (Å²) in [6.45, 7) is 17.4. The zero-order valence-electron chi connectivity index (χ0n) is 50.3. The fourth-order valence-electron chi connectivity index (χ4n) is 11.3. The molecule has 2 aliphatic rings. The maximum absolute atomic E-state index is 13.9. The van der Waals surface area contributed by atoms with Gasteiger partial charge in [0.05, 0.1) is 45.6 Å². The summed E-state index contributed by atoms with van der Waals surface area (Å²) < 4.78 is 0. The van der Waals surface area contributed by atoms with Gasteiger partial charge in [0.25, 0.3) is 11.8 Å². The van der Waals surface area contributed by atoms with Gasteiger partial charge in [-0.05, 0) is 191 Å². The van der Waals surface area contributed by atoms with Crippen molar-refractivity contribution in [1.82, 2.24) is 39.9 Å². The summed E-state index contributed by atoms with van der Waals surface area (Å²) in [4.78, 5) is 64.7. The second-order valence-electron chi connectivity index (χ2n) is 24.5. The van der Waals surface area contributed by atoms with E-state index in [0.717, 1.165) is 100 Å². The van der Waals surface area contributed by atoms with Crippen LogP contribution in [-0.4, -0.2) is 51.7 Å². The zero-order valence-corrected chi connectivity index (χ0v) is 50.3. The predicted octanol–water partition coefficient (Wildman–Crippen LogP) is 18.0. The molecule has 2 amide bonds. The van der Waals surface area contributed by atoms with Gasteiger partial charge in [0.15, 0.2) is 0 Å². The number of hydrogen-bond acceptors (Lipinski definition) is 8. The van der Waals surface area contributed by atoms with Crippen molar-refractivity contribution in [3.05, 3.63) is 251 Å². The molecule has 0 aliphatic carbocycles. The summed E-state index contributed by atoms with van der Waals surface area (Å²) in [5.74, 6) is -0.539. The maximum Gasteiger partial charge on any atom is 0.255 e. The molecule has 8 bridgehead atoms. The van der Waals surface area contributed by atoms with Crippen LogP contribution in [0.5, 0.6) is 0 Å². The fourth-order valence-corrected chi connectivity index (χ4v) is 11.3. The highest BCUT2D eigenvalue weighted by Crippen LogP contribution is 2.40. The van der Waals surface area contributed by atoms with Crippen molar-refractivity contribution in [2.75, 3.05) is 10.6 Å². The fraction of sp³-hybridized carbons (Fsp3) is 0.132. The first-order valence-electron chi connectivity index (χ1n) is 29.5. The Balaban J connectivity index is 0.976. The molecular weight excluding hydrogens is 1080 g/mol. The molecule has 0 radical (unpaired) electrons. The number of pyridine rings is 4. The van der Waals surface area contributed by atoms with Crippen molar-refractivity contribution >= 4 is 69.6 Å². The number of carbonyl (C=O) groups is 2. The lowest BCUT2D eigenvalue weighted by Gasteiger charge is -2.19. The van der Waals surface area contributed by atoms with Gasteiger partial charge < -0.3 is 20.6 Å². The molecule has 0 spiro atoms. The molecule has 88 heavy (non-hydrogen) atoms. The SMILES string of the molecule is Cc1ccnc(-c2cc(C(=O)Nc3ccc(-c4c5nc(c(-c6ccc(NC(=O)c7ccnc(-c8cc(C)ccn8)c7)cc6)c6ccc([nH]6)c(-c6ccc(C(C)(C)C)cc6)c6nc(c(-c7ccc(C(C)(C)C)cc7)c7ccc4[nH]7)C=C6)C=C5)cc3)ccn2)c1. The van der Waals surface area contributed by atoms with E-state index in [1.54, 1.807) is 49.1 Å². The number of benzene rings is 4. The normalized spacial score (nSPS) is 12.1. The maximum atomic E-state index is 13.9. The summed E-state index contributed by atoms with van der Waals surface area (Å²) in [6, 6.07) is 56.5. The Morgan fingerprint density at radius 2 is 0.636 bits per heavy atom. The molecule has 0 saturated heterocycles. The van der Waals surface area contributed by atoms with E-state index in [9.17, 15) is 9.59 Å². The molecule has 0 unspecified atom stereocenters. The monoisotopic (exact) mass is 1150 g/mol. The number of nitrogens with zero attached hydrogens (tertiary/aromatic N) is 6. The summed E-state index contributed by atoms with van der Waals surface area (Å²) in [7, 11) is 0. The van der Waals surface area contributed by atoms with Crippen LogP contribution in [0.25, 0.3) is 114 Å². The Labute approximate surface area is 511 Å². The quantitative estimate of drug-likeness (QED) is 0.105. The Bertz CT molecular complexity index is 4490. The molecule has 9 heterocycles. The second kappa shape index (κ2) is 22.8. The lowest BCUT2D eigenvalue weighted by molar-refractivity contribution is 0.101. The van der Waals surface area contributed by atoms with Crippen molar-refractivity contribution < 1.29 is 9.59 Å². The number of aryl methyl sites for hydroxylation is 2. The van der Waals surface area contributed by atoms with Crippen LogP contribution in [0.3, 0.4) is 0 Å². The Morgan fingerprint density at radius 1 is 0.352 bits per heavy atom. The summed E-state index contributed by atoms with van der Waals surface area (Å²) in [6.07, 6.45) is 15.1. The second-order valence-corrected chi connectivity index (χ2v) is 24.5. The van der Waals surface area contributed by atoms with Gasteiger partial charge in [-0.15, -0.1) is 0 Å². The third-order valence-corrected chi connectivity index (χ3v) is 16.1. The number of H-pyrrole nitrogens is 2. The number of nitrogens with one attached hydrogen (secondary N) is 4. The van der Waals surface area contributed by atoms with E-state index >= 15 is 0 Å². The van der Waals surface area contributed by atoms with E-state index in [-0.39, 0.29) is 22.6 Å². The smallest absolute Gasteiger partial charge is 0.255 e.